The lowest BCUT2D eigenvalue weighted by molar-refractivity contribution is -0.504. The predicted octanol–water partition coefficient (Wildman–Crippen LogP) is 0.475. The summed E-state index contributed by atoms with van der Waals surface area (Å²) in [7, 11) is -3.16. The number of thiol groups is 1. The molecule has 1 aromatic heterocycles. The third kappa shape index (κ3) is 2.05. The maximum atomic E-state index is 10.5. The predicted molar refractivity (Wildman–Crippen MR) is 43.5 cm³/mol. The first-order valence-electron chi connectivity index (χ1n) is 3.35. The normalized spacial score (nSPS) is 13.1. The molecule has 0 aromatic carbocycles. The minimum absolute atomic E-state index is 0.154. The zero-order valence-corrected chi connectivity index (χ0v) is 7.56. The highest BCUT2D eigenvalue weighted by molar-refractivity contribution is 7.72. The molecule has 1 aromatic rings. The summed E-state index contributed by atoms with van der Waals surface area (Å²) >= 11 is 0. The van der Waals surface area contributed by atoms with Gasteiger partial charge in [0.15, 0.2) is 5.76 Å². The fraction of sp³-hybridized carbons (Fsp3) is 0.333. The Morgan fingerprint density at radius 3 is 2.46 bits per heavy atom. The van der Waals surface area contributed by atoms with E-state index >= 15 is 0 Å². The number of rotatable bonds is 3. The van der Waals surface area contributed by atoms with Crippen molar-refractivity contribution in [2.45, 2.75) is 12.3 Å². The van der Waals surface area contributed by atoms with Crippen molar-refractivity contribution < 1.29 is 17.8 Å². The smallest absolute Gasteiger partial charge is 0.364 e. The van der Waals surface area contributed by atoms with E-state index in [2.05, 4.69) is 0 Å². The molecule has 0 aliphatic rings. The molecule has 1 unspecified atom stereocenters. The summed E-state index contributed by atoms with van der Waals surface area (Å²) in [6.07, 6.45) is 0. The van der Waals surface area contributed by atoms with Gasteiger partial charge in [-0.3, -0.25) is 10.1 Å². The summed E-state index contributed by atoms with van der Waals surface area (Å²) in [5.74, 6) is 0.289. The van der Waals surface area contributed by atoms with Gasteiger partial charge in [-0.2, -0.15) is 0 Å². The lowest BCUT2D eigenvalue weighted by Crippen LogP contribution is -2.10. The molecular weight excluding hydrogens is 198 g/mol. The van der Waals surface area contributed by atoms with Gasteiger partial charge in [-0.05, 0) is 19.1 Å². The molecule has 0 spiro atoms. The van der Waals surface area contributed by atoms with Crippen LogP contribution < -0.4 is 0 Å². The van der Waals surface area contributed by atoms with Crippen molar-refractivity contribution >= 4 is 10.7 Å². The lowest BCUT2D eigenvalue weighted by atomic mass is 10.4. The number of nitrogens with zero attached hydrogens (tertiary/aromatic N) is 1. The summed E-state index contributed by atoms with van der Waals surface area (Å²) in [4.78, 5) is 9.41. The van der Waals surface area contributed by atoms with Crippen molar-refractivity contribution in [1.29, 1.82) is 0 Å². The van der Waals surface area contributed by atoms with E-state index in [0.29, 0.717) is 5.76 Å². The van der Waals surface area contributed by atoms with Crippen molar-refractivity contribution in [3.05, 3.63) is 33.8 Å². The first kappa shape index (κ1) is 9.72. The second-order valence-electron chi connectivity index (χ2n) is 2.39. The van der Waals surface area contributed by atoms with E-state index in [9.17, 15) is 18.5 Å². The zero-order chi connectivity index (χ0) is 10.0. The highest BCUT2D eigenvalue weighted by Gasteiger charge is 2.29. The monoisotopic (exact) mass is 205 g/mol. The largest absolute Gasteiger partial charge is 0.458 e. The molecule has 1 atom stereocenters. The fourth-order valence-corrected chi connectivity index (χ4v) is 1.38. The Morgan fingerprint density at radius 2 is 2.15 bits per heavy atom. The maximum absolute atomic E-state index is 10.5. The minimum Gasteiger partial charge on any atom is -0.458 e. The first-order chi connectivity index (χ1) is 6.02. The Bertz CT molecular complexity index is 385. The van der Waals surface area contributed by atoms with E-state index < -0.39 is 21.0 Å². The van der Waals surface area contributed by atoms with Gasteiger partial charge in [-0.25, -0.2) is 8.42 Å². The molecule has 7 heteroatoms. The molecule has 0 saturated heterocycles. The molecule has 0 aliphatic heterocycles. The Kier molecular flexibility index (Phi) is 2.66. The van der Waals surface area contributed by atoms with Crippen molar-refractivity contribution in [3.63, 3.8) is 0 Å². The van der Waals surface area contributed by atoms with E-state index in [1.807, 2.05) is 0 Å². The number of aryl methyl sites for hydroxylation is 1. The van der Waals surface area contributed by atoms with Crippen LogP contribution in [0.15, 0.2) is 16.5 Å². The lowest BCUT2D eigenvalue weighted by Gasteiger charge is -1.97. The molecule has 0 aliphatic carbocycles. The van der Waals surface area contributed by atoms with Crippen LogP contribution in [0.2, 0.25) is 0 Å². The summed E-state index contributed by atoms with van der Waals surface area (Å²) in [5, 5.41) is 8.54. The van der Waals surface area contributed by atoms with E-state index in [1.165, 1.54) is 12.1 Å². The molecule has 0 N–H and O–H groups in total. The Morgan fingerprint density at radius 1 is 1.54 bits per heavy atom. The molecule has 0 fully saturated rings. The molecule has 0 saturated carbocycles. The highest BCUT2D eigenvalue weighted by atomic mass is 32.2. The van der Waals surface area contributed by atoms with Gasteiger partial charge < -0.3 is 4.42 Å². The average molecular weight is 205 g/mol. The van der Waals surface area contributed by atoms with Crippen molar-refractivity contribution in [2.24, 2.45) is 0 Å². The Hall–Kier alpha value is -1.37. The molecule has 0 bridgehead atoms. The van der Waals surface area contributed by atoms with Crippen molar-refractivity contribution in [1.82, 2.24) is 0 Å². The molecule has 13 heavy (non-hydrogen) atoms. The Labute approximate surface area is 75.3 Å². The third-order valence-electron chi connectivity index (χ3n) is 1.42. The SMILES string of the molecule is Cc1ccc(C([N+](=O)[O-])[SH](=O)=O)o1. The second-order valence-corrected chi connectivity index (χ2v) is 3.45. The zero-order valence-electron chi connectivity index (χ0n) is 6.67. The van der Waals surface area contributed by atoms with Gasteiger partial charge in [-0.1, -0.05) is 0 Å². The standard InChI is InChI=1S/C6H7NO5S/c1-4-2-3-5(12-4)6(7(8)9)13(10)11/h2-3,6,13H,1H3. The minimum atomic E-state index is -3.16. The van der Waals surface area contributed by atoms with Gasteiger partial charge in [-0.15, -0.1) is 0 Å². The van der Waals surface area contributed by atoms with E-state index in [4.69, 9.17) is 4.42 Å². The first-order valence-corrected chi connectivity index (χ1v) is 4.60. The fourth-order valence-electron chi connectivity index (χ4n) is 0.877. The van der Waals surface area contributed by atoms with E-state index in [-0.39, 0.29) is 5.76 Å². The molecule has 0 amide bonds. The molecule has 0 radical (unpaired) electrons. The average Bonchev–Trinajstić information content (AvgIpc) is 2.34. The van der Waals surface area contributed by atoms with Crippen LogP contribution in [0.5, 0.6) is 0 Å². The highest BCUT2D eigenvalue weighted by Crippen LogP contribution is 2.19. The molecule has 1 rings (SSSR count). The van der Waals surface area contributed by atoms with Gasteiger partial charge in [0.05, 0.1) is 0 Å². The van der Waals surface area contributed by atoms with Crippen LogP contribution in [0, 0.1) is 17.0 Å². The van der Waals surface area contributed by atoms with E-state index in [0.717, 1.165) is 0 Å². The summed E-state index contributed by atoms with van der Waals surface area (Å²) in [6.45, 7) is 1.58. The van der Waals surface area contributed by atoms with Crippen molar-refractivity contribution in [3.8, 4) is 0 Å². The second kappa shape index (κ2) is 3.56. The number of hydrogen-bond acceptors (Lipinski definition) is 5. The number of furan rings is 1. The molecule has 1 heterocycles. The van der Waals surface area contributed by atoms with Gasteiger partial charge >= 0.3 is 5.37 Å². The summed E-state index contributed by atoms with van der Waals surface area (Å²) in [6, 6.07) is 2.76. The summed E-state index contributed by atoms with van der Waals surface area (Å²) in [5.41, 5.74) is 0. The van der Waals surface area contributed by atoms with Gasteiger partial charge in [0, 0.05) is 4.92 Å². The summed E-state index contributed by atoms with van der Waals surface area (Å²) < 4.78 is 25.8. The van der Waals surface area contributed by atoms with Gasteiger partial charge in [0.2, 0.25) is 10.7 Å². The number of hydrogen-bond donors (Lipinski definition) is 1. The van der Waals surface area contributed by atoms with Crippen LogP contribution in [0.1, 0.15) is 16.9 Å². The molecular formula is C6H7NO5S. The third-order valence-corrected chi connectivity index (χ3v) is 2.26. The number of nitro groups is 1. The molecule has 6 nitrogen and oxygen atoms in total. The van der Waals surface area contributed by atoms with Crippen LogP contribution in [0.25, 0.3) is 0 Å². The van der Waals surface area contributed by atoms with E-state index in [1.54, 1.807) is 6.92 Å². The van der Waals surface area contributed by atoms with Crippen molar-refractivity contribution in [2.75, 3.05) is 0 Å². The maximum Gasteiger partial charge on any atom is 0.364 e. The van der Waals surface area contributed by atoms with Gasteiger partial charge in [0.25, 0.3) is 0 Å². The van der Waals surface area contributed by atoms with Crippen LogP contribution in [-0.2, 0) is 10.7 Å². The van der Waals surface area contributed by atoms with Crippen LogP contribution in [0.3, 0.4) is 0 Å². The van der Waals surface area contributed by atoms with Crippen LogP contribution in [-0.4, -0.2) is 13.3 Å². The Balaban J connectivity index is 3.09. The van der Waals surface area contributed by atoms with Crippen LogP contribution >= 0.6 is 0 Å². The van der Waals surface area contributed by atoms with Crippen LogP contribution in [0.4, 0.5) is 0 Å². The van der Waals surface area contributed by atoms with Gasteiger partial charge in [0.1, 0.15) is 5.76 Å². The topological polar surface area (TPSA) is 90.4 Å². The quantitative estimate of drug-likeness (QED) is 0.440. The molecule has 72 valence electrons.